The first-order valence-electron chi connectivity index (χ1n) is 10.2. The van der Waals surface area contributed by atoms with Gasteiger partial charge in [-0.3, -0.25) is 4.79 Å². The van der Waals surface area contributed by atoms with Crippen molar-refractivity contribution in [2.45, 2.75) is 18.9 Å². The normalized spacial score (nSPS) is 23.7. The van der Waals surface area contributed by atoms with E-state index in [0.29, 0.717) is 28.5 Å². The molecule has 1 amide bonds. The van der Waals surface area contributed by atoms with Crippen molar-refractivity contribution >= 4 is 38.4 Å². The smallest absolute Gasteiger partial charge is 0.253 e. The van der Waals surface area contributed by atoms with E-state index >= 15 is 0 Å². The molecule has 1 unspecified atom stereocenters. The molecule has 7 rings (SSSR count). The number of piperidine rings is 3. The Morgan fingerprint density at radius 1 is 1.14 bits per heavy atom. The van der Waals surface area contributed by atoms with Gasteiger partial charge in [0, 0.05) is 17.3 Å². The molecule has 5 nitrogen and oxygen atoms in total. The Kier molecular flexibility index (Phi) is 3.96. The van der Waals surface area contributed by atoms with Crippen LogP contribution in [0.15, 0.2) is 52.9 Å². The lowest BCUT2D eigenvalue weighted by atomic mass is 9.84. The zero-order valence-electron chi connectivity index (χ0n) is 15.9. The summed E-state index contributed by atoms with van der Waals surface area (Å²) in [7, 11) is 0. The number of amides is 1. The highest BCUT2D eigenvalue weighted by molar-refractivity contribution is 7.22. The van der Waals surface area contributed by atoms with Gasteiger partial charge in [0.2, 0.25) is 5.89 Å². The number of nitrogens with one attached hydrogen (secondary N) is 1. The second-order valence-corrected chi connectivity index (χ2v) is 9.12. The Labute approximate surface area is 172 Å². The summed E-state index contributed by atoms with van der Waals surface area (Å²) in [6, 6.07) is 16.2. The fraction of sp³-hybridized carbons (Fsp3) is 0.304. The molecule has 0 spiro atoms. The third-order valence-corrected chi connectivity index (χ3v) is 7.38. The van der Waals surface area contributed by atoms with Crippen LogP contribution in [0.25, 0.3) is 32.0 Å². The van der Waals surface area contributed by atoms with Crippen molar-refractivity contribution in [3.05, 3.63) is 54.1 Å². The van der Waals surface area contributed by atoms with Crippen LogP contribution >= 0.6 is 11.3 Å². The van der Waals surface area contributed by atoms with Gasteiger partial charge in [-0.05, 0) is 61.5 Å². The summed E-state index contributed by atoms with van der Waals surface area (Å²) in [5.41, 5.74) is 1.88. The molecule has 146 valence electrons. The highest BCUT2D eigenvalue weighted by atomic mass is 32.1. The molecule has 2 bridgehead atoms. The van der Waals surface area contributed by atoms with Gasteiger partial charge in [0.05, 0.1) is 10.4 Å². The minimum atomic E-state index is -0.0504. The number of thiophene rings is 1. The van der Waals surface area contributed by atoms with E-state index < -0.39 is 0 Å². The maximum Gasteiger partial charge on any atom is 0.253 e. The number of oxazole rings is 1. The van der Waals surface area contributed by atoms with Crippen LogP contribution in [0.2, 0.25) is 0 Å². The van der Waals surface area contributed by atoms with Gasteiger partial charge in [-0.1, -0.05) is 24.3 Å². The molecule has 0 aliphatic carbocycles. The number of aromatic nitrogens is 1. The summed E-state index contributed by atoms with van der Waals surface area (Å²) in [5.74, 6) is 1.12. The third kappa shape index (κ3) is 2.94. The van der Waals surface area contributed by atoms with E-state index in [2.05, 4.69) is 28.4 Å². The van der Waals surface area contributed by atoms with Gasteiger partial charge in [-0.25, -0.2) is 4.98 Å². The molecule has 29 heavy (non-hydrogen) atoms. The van der Waals surface area contributed by atoms with Crippen LogP contribution in [0, 0.1) is 5.92 Å². The van der Waals surface area contributed by atoms with Crippen LogP contribution in [0.5, 0.6) is 0 Å². The molecule has 5 heterocycles. The maximum absolute atomic E-state index is 13.1. The van der Waals surface area contributed by atoms with Crippen LogP contribution in [-0.4, -0.2) is 41.5 Å². The van der Waals surface area contributed by atoms with Gasteiger partial charge in [0.1, 0.15) is 5.52 Å². The van der Waals surface area contributed by atoms with Crippen molar-refractivity contribution < 1.29 is 9.21 Å². The first-order chi connectivity index (χ1) is 14.2. The second kappa shape index (κ2) is 6.68. The molecule has 0 saturated carbocycles. The molecule has 3 aliphatic heterocycles. The summed E-state index contributed by atoms with van der Waals surface area (Å²) < 4.78 is 7.22. The zero-order chi connectivity index (χ0) is 19.4. The monoisotopic (exact) mass is 403 g/mol. The van der Waals surface area contributed by atoms with Crippen LogP contribution in [-0.2, 0) is 0 Å². The predicted molar refractivity (Wildman–Crippen MR) is 115 cm³/mol. The molecule has 3 saturated heterocycles. The first kappa shape index (κ1) is 17.2. The fourth-order valence-electron chi connectivity index (χ4n) is 4.70. The third-order valence-electron chi connectivity index (χ3n) is 6.27. The second-order valence-electron chi connectivity index (χ2n) is 8.04. The molecule has 3 fully saturated rings. The van der Waals surface area contributed by atoms with E-state index in [1.807, 2.05) is 30.3 Å². The highest BCUT2D eigenvalue weighted by Gasteiger charge is 2.35. The summed E-state index contributed by atoms with van der Waals surface area (Å²) in [5, 5.41) is 4.45. The number of rotatable bonds is 3. The van der Waals surface area contributed by atoms with Gasteiger partial charge in [0.15, 0.2) is 5.58 Å². The van der Waals surface area contributed by atoms with E-state index in [1.165, 1.54) is 22.9 Å². The first-order valence-corrected chi connectivity index (χ1v) is 11.0. The number of benzene rings is 2. The van der Waals surface area contributed by atoms with E-state index in [9.17, 15) is 4.79 Å². The number of carbonyl (C=O) groups excluding carboxylic acids is 1. The number of fused-ring (bicyclic) bond motifs is 5. The Morgan fingerprint density at radius 3 is 2.79 bits per heavy atom. The molecular weight excluding hydrogens is 382 g/mol. The Morgan fingerprint density at radius 2 is 2.00 bits per heavy atom. The number of carbonyl (C=O) groups is 1. The zero-order valence-corrected chi connectivity index (χ0v) is 16.7. The largest absolute Gasteiger partial charge is 0.435 e. The Bertz CT molecular complexity index is 1190. The predicted octanol–water partition coefficient (Wildman–Crippen LogP) is 4.53. The summed E-state index contributed by atoms with van der Waals surface area (Å²) in [6.45, 7) is 3.28. The average molecular weight is 404 g/mol. The van der Waals surface area contributed by atoms with Crippen LogP contribution in [0.3, 0.4) is 0 Å². The van der Waals surface area contributed by atoms with E-state index in [1.54, 1.807) is 11.3 Å². The van der Waals surface area contributed by atoms with Crippen LogP contribution in [0.1, 0.15) is 23.2 Å². The molecule has 1 atom stereocenters. The SMILES string of the molecule is O=C(NC1CN2CCC1CC2)c1cccc2oc(-c3cc4ccccc4s3)nc12. The molecular formula is C23H21N3O2S. The minimum Gasteiger partial charge on any atom is -0.435 e. The van der Waals surface area contributed by atoms with Crippen molar-refractivity contribution in [2.24, 2.45) is 5.92 Å². The van der Waals surface area contributed by atoms with Crippen molar-refractivity contribution in [3.8, 4) is 10.8 Å². The lowest BCUT2D eigenvalue weighted by Crippen LogP contribution is -2.57. The standard InChI is InChI=1S/C23H21N3O2S/c27-22(24-17-13-26-10-8-14(17)9-11-26)16-5-3-6-18-21(16)25-23(28-18)20-12-15-4-1-2-7-19(15)29-20/h1-7,12,14,17H,8-11,13H2,(H,24,27). The molecule has 2 aromatic carbocycles. The molecule has 6 heteroatoms. The number of para-hydroxylation sites is 1. The lowest BCUT2D eigenvalue weighted by molar-refractivity contribution is 0.0621. The van der Waals surface area contributed by atoms with Gasteiger partial charge in [-0.2, -0.15) is 0 Å². The molecule has 4 aromatic rings. The summed E-state index contributed by atoms with van der Waals surface area (Å²) in [4.78, 5) is 21.2. The van der Waals surface area contributed by atoms with Crippen molar-refractivity contribution in [3.63, 3.8) is 0 Å². The Balaban J connectivity index is 1.33. The molecule has 1 N–H and O–H groups in total. The Hall–Kier alpha value is -2.70. The minimum absolute atomic E-state index is 0.0504. The van der Waals surface area contributed by atoms with Crippen molar-refractivity contribution in [1.29, 1.82) is 0 Å². The number of hydrogen-bond acceptors (Lipinski definition) is 5. The van der Waals surface area contributed by atoms with E-state index in [-0.39, 0.29) is 11.9 Å². The van der Waals surface area contributed by atoms with E-state index in [0.717, 1.165) is 24.5 Å². The summed E-state index contributed by atoms with van der Waals surface area (Å²) >= 11 is 1.65. The van der Waals surface area contributed by atoms with Gasteiger partial charge >= 0.3 is 0 Å². The number of nitrogens with zero attached hydrogens (tertiary/aromatic N) is 2. The average Bonchev–Trinajstić information content (AvgIpc) is 3.38. The van der Waals surface area contributed by atoms with E-state index in [4.69, 9.17) is 9.40 Å². The fourth-order valence-corrected chi connectivity index (χ4v) is 5.69. The number of hydrogen-bond donors (Lipinski definition) is 1. The molecule has 3 aliphatic rings. The van der Waals surface area contributed by atoms with Crippen molar-refractivity contribution in [2.75, 3.05) is 19.6 Å². The van der Waals surface area contributed by atoms with Crippen LogP contribution in [0.4, 0.5) is 0 Å². The topological polar surface area (TPSA) is 58.4 Å². The quantitative estimate of drug-likeness (QED) is 0.546. The maximum atomic E-state index is 13.1. The molecule has 2 aromatic heterocycles. The summed E-state index contributed by atoms with van der Waals surface area (Å²) in [6.07, 6.45) is 2.35. The van der Waals surface area contributed by atoms with Gasteiger partial charge in [-0.15, -0.1) is 11.3 Å². The molecule has 0 radical (unpaired) electrons. The van der Waals surface area contributed by atoms with Crippen molar-refractivity contribution in [1.82, 2.24) is 15.2 Å². The highest BCUT2D eigenvalue weighted by Crippen LogP contribution is 2.35. The van der Waals surface area contributed by atoms with Crippen LogP contribution < -0.4 is 5.32 Å². The van der Waals surface area contributed by atoms with Gasteiger partial charge in [0.25, 0.3) is 5.91 Å². The lowest BCUT2D eigenvalue weighted by Gasteiger charge is -2.44. The van der Waals surface area contributed by atoms with Gasteiger partial charge < -0.3 is 14.6 Å².